The van der Waals surface area contributed by atoms with Gasteiger partial charge in [0.15, 0.2) is 5.82 Å². The van der Waals surface area contributed by atoms with Crippen LogP contribution < -0.4 is 5.73 Å². The molecular formula is C13H16N4. The van der Waals surface area contributed by atoms with E-state index < -0.39 is 0 Å². The summed E-state index contributed by atoms with van der Waals surface area (Å²) < 4.78 is 0. The molecule has 0 aliphatic carbocycles. The molecule has 2 aromatic rings. The van der Waals surface area contributed by atoms with Crippen LogP contribution in [0.5, 0.6) is 0 Å². The Morgan fingerprint density at radius 1 is 1.18 bits per heavy atom. The summed E-state index contributed by atoms with van der Waals surface area (Å²) in [5, 5.41) is 0. The minimum atomic E-state index is -0.0467. The third-order valence-electron chi connectivity index (χ3n) is 2.63. The predicted molar refractivity (Wildman–Crippen MR) is 67.3 cm³/mol. The van der Waals surface area contributed by atoms with Gasteiger partial charge in [0.1, 0.15) is 5.69 Å². The standard InChI is InChI=1S/C13H16N4/c1-8-5-4-6-12(16-8)13-15-7-11(9(2)14)10(3)17-13/h4-7,9H,14H2,1-3H3/t9-/m0/s1. The number of nitrogens with two attached hydrogens (primary N) is 1. The van der Waals surface area contributed by atoms with Gasteiger partial charge < -0.3 is 5.73 Å². The molecule has 17 heavy (non-hydrogen) atoms. The van der Waals surface area contributed by atoms with Gasteiger partial charge in [-0.2, -0.15) is 0 Å². The van der Waals surface area contributed by atoms with Crippen molar-refractivity contribution in [1.29, 1.82) is 0 Å². The normalized spacial score (nSPS) is 12.5. The molecule has 4 nitrogen and oxygen atoms in total. The molecule has 2 heterocycles. The SMILES string of the molecule is Cc1cccc(-c2ncc([C@H](C)N)c(C)n2)n1. The fourth-order valence-corrected chi connectivity index (χ4v) is 1.71. The summed E-state index contributed by atoms with van der Waals surface area (Å²) >= 11 is 0. The molecule has 88 valence electrons. The van der Waals surface area contributed by atoms with E-state index in [9.17, 15) is 0 Å². The van der Waals surface area contributed by atoms with Crippen LogP contribution in [0.25, 0.3) is 11.5 Å². The summed E-state index contributed by atoms with van der Waals surface area (Å²) in [7, 11) is 0. The number of pyridine rings is 1. The third kappa shape index (κ3) is 2.47. The number of hydrogen-bond donors (Lipinski definition) is 1. The van der Waals surface area contributed by atoms with Crippen LogP contribution in [0.4, 0.5) is 0 Å². The van der Waals surface area contributed by atoms with Gasteiger partial charge >= 0.3 is 0 Å². The van der Waals surface area contributed by atoms with Gasteiger partial charge in [-0.3, -0.25) is 0 Å². The van der Waals surface area contributed by atoms with Crippen molar-refractivity contribution >= 4 is 0 Å². The highest BCUT2D eigenvalue weighted by Crippen LogP contribution is 2.17. The number of nitrogens with zero attached hydrogens (tertiary/aromatic N) is 3. The van der Waals surface area contributed by atoms with Crippen molar-refractivity contribution in [3.63, 3.8) is 0 Å². The van der Waals surface area contributed by atoms with E-state index in [2.05, 4.69) is 15.0 Å². The Balaban J connectivity index is 2.44. The van der Waals surface area contributed by atoms with Gasteiger partial charge in [-0.15, -0.1) is 0 Å². The highest BCUT2D eigenvalue weighted by atomic mass is 14.9. The van der Waals surface area contributed by atoms with Gasteiger partial charge in [-0.25, -0.2) is 15.0 Å². The fourth-order valence-electron chi connectivity index (χ4n) is 1.71. The molecule has 0 saturated heterocycles. The Bertz CT molecular complexity index is 535. The van der Waals surface area contributed by atoms with Gasteiger partial charge in [0.05, 0.1) is 0 Å². The average Bonchev–Trinajstić information content (AvgIpc) is 2.28. The quantitative estimate of drug-likeness (QED) is 0.855. The van der Waals surface area contributed by atoms with Gasteiger partial charge in [0, 0.05) is 29.2 Å². The van der Waals surface area contributed by atoms with Crippen molar-refractivity contribution in [3.8, 4) is 11.5 Å². The molecule has 2 N–H and O–H groups in total. The molecule has 0 aliphatic rings. The van der Waals surface area contributed by atoms with Crippen LogP contribution in [0.2, 0.25) is 0 Å². The van der Waals surface area contributed by atoms with E-state index in [1.54, 1.807) is 6.20 Å². The highest BCUT2D eigenvalue weighted by molar-refractivity contribution is 5.49. The van der Waals surface area contributed by atoms with E-state index in [0.717, 1.165) is 22.6 Å². The second-order valence-electron chi connectivity index (χ2n) is 4.19. The molecule has 0 amide bonds. The summed E-state index contributed by atoms with van der Waals surface area (Å²) in [6, 6.07) is 5.77. The second-order valence-corrected chi connectivity index (χ2v) is 4.19. The largest absolute Gasteiger partial charge is 0.324 e. The molecule has 1 atom stereocenters. The van der Waals surface area contributed by atoms with E-state index in [1.165, 1.54) is 0 Å². The Labute approximate surface area is 101 Å². The van der Waals surface area contributed by atoms with Crippen molar-refractivity contribution in [1.82, 2.24) is 15.0 Å². The van der Waals surface area contributed by atoms with E-state index in [-0.39, 0.29) is 6.04 Å². The van der Waals surface area contributed by atoms with Crippen LogP contribution in [0.1, 0.15) is 29.9 Å². The van der Waals surface area contributed by atoms with Crippen molar-refractivity contribution in [3.05, 3.63) is 41.3 Å². The second kappa shape index (κ2) is 4.59. The zero-order valence-electron chi connectivity index (χ0n) is 10.3. The van der Waals surface area contributed by atoms with Crippen LogP contribution in [-0.4, -0.2) is 15.0 Å². The first-order valence-corrected chi connectivity index (χ1v) is 5.61. The minimum absolute atomic E-state index is 0.0467. The number of rotatable bonds is 2. The number of aryl methyl sites for hydroxylation is 2. The molecule has 0 saturated carbocycles. The molecule has 2 rings (SSSR count). The van der Waals surface area contributed by atoms with Crippen LogP contribution in [0.3, 0.4) is 0 Å². The van der Waals surface area contributed by atoms with Crippen LogP contribution in [-0.2, 0) is 0 Å². The Kier molecular flexibility index (Phi) is 3.15. The van der Waals surface area contributed by atoms with Gasteiger partial charge in [0.25, 0.3) is 0 Å². The lowest BCUT2D eigenvalue weighted by Crippen LogP contribution is -2.09. The van der Waals surface area contributed by atoms with E-state index in [1.807, 2.05) is 39.0 Å². The fraction of sp³-hybridized carbons (Fsp3) is 0.308. The smallest absolute Gasteiger partial charge is 0.178 e. The van der Waals surface area contributed by atoms with Crippen molar-refractivity contribution in [2.75, 3.05) is 0 Å². The molecule has 0 aromatic carbocycles. The summed E-state index contributed by atoms with van der Waals surface area (Å²) in [6.07, 6.45) is 1.78. The summed E-state index contributed by atoms with van der Waals surface area (Å²) in [5.41, 5.74) is 9.47. The van der Waals surface area contributed by atoms with Crippen LogP contribution in [0, 0.1) is 13.8 Å². The minimum Gasteiger partial charge on any atom is -0.324 e. The maximum absolute atomic E-state index is 5.83. The maximum atomic E-state index is 5.83. The number of hydrogen-bond acceptors (Lipinski definition) is 4. The Hall–Kier alpha value is -1.81. The lowest BCUT2D eigenvalue weighted by atomic mass is 10.1. The Morgan fingerprint density at radius 2 is 1.94 bits per heavy atom. The van der Waals surface area contributed by atoms with E-state index >= 15 is 0 Å². The topological polar surface area (TPSA) is 64.7 Å². The third-order valence-corrected chi connectivity index (χ3v) is 2.63. The molecule has 4 heteroatoms. The van der Waals surface area contributed by atoms with Gasteiger partial charge in [-0.05, 0) is 32.9 Å². The first-order chi connectivity index (χ1) is 8.08. The average molecular weight is 228 g/mol. The monoisotopic (exact) mass is 228 g/mol. The molecule has 0 aliphatic heterocycles. The first kappa shape index (κ1) is 11.7. The van der Waals surface area contributed by atoms with Gasteiger partial charge in [-0.1, -0.05) is 6.07 Å². The molecular weight excluding hydrogens is 212 g/mol. The predicted octanol–water partition coefficient (Wildman–Crippen LogP) is 2.18. The summed E-state index contributed by atoms with van der Waals surface area (Å²) in [5.74, 6) is 0.649. The summed E-state index contributed by atoms with van der Waals surface area (Å²) in [6.45, 7) is 5.82. The first-order valence-electron chi connectivity index (χ1n) is 5.61. The van der Waals surface area contributed by atoms with Crippen LogP contribution >= 0.6 is 0 Å². The van der Waals surface area contributed by atoms with Crippen molar-refractivity contribution < 1.29 is 0 Å². The Morgan fingerprint density at radius 3 is 2.53 bits per heavy atom. The molecule has 2 aromatic heterocycles. The maximum Gasteiger partial charge on any atom is 0.178 e. The summed E-state index contributed by atoms with van der Waals surface area (Å²) in [4.78, 5) is 13.2. The molecule has 0 radical (unpaired) electrons. The number of aromatic nitrogens is 3. The van der Waals surface area contributed by atoms with Gasteiger partial charge in [0.2, 0.25) is 0 Å². The van der Waals surface area contributed by atoms with E-state index in [4.69, 9.17) is 5.73 Å². The lowest BCUT2D eigenvalue weighted by Gasteiger charge is -2.09. The molecule has 0 spiro atoms. The molecule has 0 fully saturated rings. The van der Waals surface area contributed by atoms with Crippen molar-refractivity contribution in [2.45, 2.75) is 26.8 Å². The lowest BCUT2D eigenvalue weighted by molar-refractivity contribution is 0.789. The zero-order chi connectivity index (χ0) is 12.4. The zero-order valence-corrected chi connectivity index (χ0v) is 10.3. The van der Waals surface area contributed by atoms with E-state index in [0.29, 0.717) is 5.82 Å². The van der Waals surface area contributed by atoms with Crippen LogP contribution in [0.15, 0.2) is 24.4 Å². The highest BCUT2D eigenvalue weighted by Gasteiger charge is 2.09. The molecule has 0 unspecified atom stereocenters. The molecule has 0 bridgehead atoms. The van der Waals surface area contributed by atoms with Crippen molar-refractivity contribution in [2.24, 2.45) is 5.73 Å².